The number of rotatable bonds is 5. The van der Waals surface area contributed by atoms with Crippen LogP contribution in [0.1, 0.15) is 11.1 Å². The van der Waals surface area contributed by atoms with Crippen molar-refractivity contribution in [3.63, 3.8) is 0 Å². The summed E-state index contributed by atoms with van der Waals surface area (Å²) in [5, 5.41) is 18.7. The molecule has 1 aromatic carbocycles. The van der Waals surface area contributed by atoms with Crippen LogP contribution in [0, 0.1) is 17.0 Å². The molecule has 0 aliphatic heterocycles. The predicted octanol–water partition coefficient (Wildman–Crippen LogP) is 2.63. The lowest BCUT2D eigenvalue weighted by Gasteiger charge is -2.06. The first-order valence-corrected chi connectivity index (χ1v) is 9.48. The Bertz CT molecular complexity index is 1140. The topological polar surface area (TPSA) is 119 Å². The number of non-ortho nitro benzene ring substituents is 1. The van der Waals surface area contributed by atoms with E-state index in [0.29, 0.717) is 11.1 Å². The number of nitro groups is 1. The molecule has 0 saturated carbocycles. The number of nitrogens with zero attached hydrogens (tertiary/aromatic N) is 4. The third-order valence-corrected chi connectivity index (χ3v) is 5.42. The van der Waals surface area contributed by atoms with Gasteiger partial charge in [0.25, 0.3) is 15.7 Å². The molecule has 0 aliphatic rings. The minimum absolute atomic E-state index is 0.202. The quantitative estimate of drug-likeness (QED) is 0.373. The van der Waals surface area contributed by atoms with Crippen LogP contribution in [0.5, 0.6) is 0 Å². The number of halogens is 1. The lowest BCUT2D eigenvalue weighted by molar-refractivity contribution is -0.385. The fourth-order valence-electron chi connectivity index (χ4n) is 2.28. The fraction of sp³-hybridized carbons (Fsp3) is 0.0667. The first kappa shape index (κ1) is 18.0. The van der Waals surface area contributed by atoms with Crippen LogP contribution < -0.4 is 4.83 Å². The number of nitro benzene ring substituents is 1. The van der Waals surface area contributed by atoms with Crippen LogP contribution in [-0.4, -0.2) is 29.2 Å². The highest BCUT2D eigenvalue weighted by Gasteiger charge is 2.20. The number of hydrazone groups is 1. The van der Waals surface area contributed by atoms with E-state index in [-0.39, 0.29) is 10.6 Å². The minimum atomic E-state index is -4.05. The van der Waals surface area contributed by atoms with Crippen molar-refractivity contribution in [3.8, 4) is 0 Å². The van der Waals surface area contributed by atoms with Crippen molar-refractivity contribution in [1.82, 2.24) is 14.4 Å². The van der Waals surface area contributed by atoms with Crippen LogP contribution in [0.4, 0.5) is 5.69 Å². The van der Waals surface area contributed by atoms with Gasteiger partial charge in [-0.25, -0.2) is 9.35 Å². The Kier molecular flexibility index (Phi) is 4.74. The molecule has 0 aliphatic carbocycles. The molecule has 26 heavy (non-hydrogen) atoms. The molecule has 1 N–H and O–H groups in total. The summed E-state index contributed by atoms with van der Waals surface area (Å²) in [6.45, 7) is 1.55. The molecule has 2 aromatic heterocycles. The van der Waals surface area contributed by atoms with Crippen molar-refractivity contribution in [2.45, 2.75) is 11.8 Å². The summed E-state index contributed by atoms with van der Waals surface area (Å²) in [6, 6.07) is 7.25. The average molecular weight is 438 g/mol. The summed E-state index contributed by atoms with van der Waals surface area (Å²) in [6.07, 6.45) is 4.60. The number of hydrogen-bond donors (Lipinski definition) is 1. The Morgan fingerprint density at radius 2 is 2.12 bits per heavy atom. The first-order valence-electron chi connectivity index (χ1n) is 7.21. The zero-order valence-electron chi connectivity index (χ0n) is 13.3. The maximum absolute atomic E-state index is 12.4. The van der Waals surface area contributed by atoms with Crippen molar-refractivity contribution in [1.29, 1.82) is 0 Å². The van der Waals surface area contributed by atoms with Gasteiger partial charge in [0.1, 0.15) is 0 Å². The molecule has 3 aromatic rings. The lowest BCUT2D eigenvalue weighted by atomic mass is 10.2. The molecule has 0 amide bonds. The van der Waals surface area contributed by atoms with Gasteiger partial charge < -0.3 is 0 Å². The molecule has 134 valence electrons. The largest absolute Gasteiger partial charge is 0.277 e. The fourth-order valence-corrected chi connectivity index (χ4v) is 3.67. The number of sulfonamides is 1. The van der Waals surface area contributed by atoms with Crippen LogP contribution in [-0.2, 0) is 10.0 Å². The Morgan fingerprint density at radius 1 is 1.35 bits per heavy atom. The SMILES string of the molecule is Cc1ccc([N+](=O)[O-])cc1S(=O)(=O)NN=Cc1cnn2ccc(Br)cc12. The van der Waals surface area contributed by atoms with E-state index in [1.807, 2.05) is 12.1 Å². The average Bonchev–Trinajstić information content (AvgIpc) is 2.97. The monoisotopic (exact) mass is 437 g/mol. The van der Waals surface area contributed by atoms with Gasteiger partial charge in [0, 0.05) is 28.4 Å². The Labute approximate surface area is 156 Å². The van der Waals surface area contributed by atoms with Gasteiger partial charge >= 0.3 is 0 Å². The van der Waals surface area contributed by atoms with E-state index >= 15 is 0 Å². The van der Waals surface area contributed by atoms with Crippen LogP contribution >= 0.6 is 15.9 Å². The molecule has 0 unspecified atom stereocenters. The second kappa shape index (κ2) is 6.84. The molecule has 0 bridgehead atoms. The Hall–Kier alpha value is -2.79. The summed E-state index contributed by atoms with van der Waals surface area (Å²) < 4.78 is 27.3. The zero-order valence-corrected chi connectivity index (χ0v) is 15.7. The van der Waals surface area contributed by atoms with E-state index in [0.717, 1.165) is 16.1 Å². The van der Waals surface area contributed by atoms with Gasteiger partial charge in [-0.15, -0.1) is 0 Å². The predicted molar refractivity (Wildman–Crippen MR) is 98.6 cm³/mol. The van der Waals surface area contributed by atoms with Crippen molar-refractivity contribution >= 4 is 43.4 Å². The van der Waals surface area contributed by atoms with Crippen LogP contribution in [0.2, 0.25) is 0 Å². The molecule has 11 heteroatoms. The molecule has 9 nitrogen and oxygen atoms in total. The van der Waals surface area contributed by atoms with E-state index in [2.05, 4.69) is 31.0 Å². The molecule has 0 fully saturated rings. The third-order valence-electron chi connectivity index (χ3n) is 3.56. The highest BCUT2D eigenvalue weighted by Crippen LogP contribution is 2.21. The summed E-state index contributed by atoms with van der Waals surface area (Å²) in [5.74, 6) is 0. The Balaban J connectivity index is 1.88. The summed E-state index contributed by atoms with van der Waals surface area (Å²) in [7, 11) is -4.05. The minimum Gasteiger partial charge on any atom is -0.258 e. The molecule has 3 rings (SSSR count). The van der Waals surface area contributed by atoms with E-state index < -0.39 is 14.9 Å². The number of fused-ring (bicyclic) bond motifs is 1. The van der Waals surface area contributed by atoms with Gasteiger partial charge in [0.2, 0.25) is 0 Å². The van der Waals surface area contributed by atoms with Crippen molar-refractivity contribution in [2.24, 2.45) is 5.10 Å². The lowest BCUT2D eigenvalue weighted by Crippen LogP contribution is -2.19. The van der Waals surface area contributed by atoms with Crippen LogP contribution in [0.25, 0.3) is 5.52 Å². The first-order chi connectivity index (χ1) is 12.3. The molecule has 0 atom stereocenters. The number of pyridine rings is 1. The molecule has 0 saturated heterocycles. The van der Waals surface area contributed by atoms with Crippen molar-refractivity contribution < 1.29 is 13.3 Å². The molecule has 2 heterocycles. The van der Waals surface area contributed by atoms with Crippen LogP contribution in [0.3, 0.4) is 0 Å². The van der Waals surface area contributed by atoms with Crippen LogP contribution in [0.15, 0.2) is 57.2 Å². The van der Waals surface area contributed by atoms with E-state index in [1.54, 1.807) is 17.6 Å². The van der Waals surface area contributed by atoms with Gasteiger partial charge in [-0.2, -0.15) is 18.6 Å². The van der Waals surface area contributed by atoms with Crippen molar-refractivity contribution in [3.05, 3.63) is 68.4 Å². The standard InChI is InChI=1S/C15H12BrN5O4S/c1-10-2-3-13(21(22)23)7-15(10)26(24,25)19-17-8-11-9-18-20-5-4-12(16)6-14(11)20/h2-9,19H,1H3. The number of aromatic nitrogens is 2. The highest BCUT2D eigenvalue weighted by atomic mass is 79.9. The normalized spacial score (nSPS) is 11.9. The van der Waals surface area contributed by atoms with E-state index in [9.17, 15) is 18.5 Å². The summed E-state index contributed by atoms with van der Waals surface area (Å²) in [4.78, 5) is 12.1. The molecule has 0 radical (unpaired) electrons. The third kappa shape index (κ3) is 3.58. The maximum Gasteiger partial charge on any atom is 0.277 e. The smallest absolute Gasteiger partial charge is 0.258 e. The van der Waals surface area contributed by atoms with Gasteiger partial charge in [-0.1, -0.05) is 22.0 Å². The van der Waals surface area contributed by atoms with Crippen molar-refractivity contribution in [2.75, 3.05) is 0 Å². The second-order valence-electron chi connectivity index (χ2n) is 5.33. The van der Waals surface area contributed by atoms with Gasteiger partial charge in [0.15, 0.2) is 0 Å². The van der Waals surface area contributed by atoms with Gasteiger partial charge in [-0.3, -0.25) is 10.1 Å². The highest BCUT2D eigenvalue weighted by molar-refractivity contribution is 9.10. The number of hydrogen-bond acceptors (Lipinski definition) is 6. The zero-order chi connectivity index (χ0) is 18.9. The summed E-state index contributed by atoms with van der Waals surface area (Å²) >= 11 is 3.36. The maximum atomic E-state index is 12.4. The number of aryl methyl sites for hydroxylation is 1. The van der Waals surface area contributed by atoms with Gasteiger partial charge in [-0.05, 0) is 24.6 Å². The molecule has 0 spiro atoms. The molecular weight excluding hydrogens is 426 g/mol. The number of benzene rings is 1. The second-order valence-corrected chi connectivity index (χ2v) is 7.88. The number of nitrogens with one attached hydrogen (secondary N) is 1. The summed E-state index contributed by atoms with van der Waals surface area (Å²) in [5.41, 5.74) is 1.39. The van der Waals surface area contributed by atoms with E-state index in [4.69, 9.17) is 0 Å². The molecular formula is C15H12BrN5O4S. The van der Waals surface area contributed by atoms with E-state index in [1.165, 1.54) is 24.5 Å². The van der Waals surface area contributed by atoms with Gasteiger partial charge in [0.05, 0.1) is 27.7 Å². The Morgan fingerprint density at radius 3 is 2.85 bits per heavy atom.